The fourth-order valence-electron chi connectivity index (χ4n) is 4.40. The van der Waals surface area contributed by atoms with E-state index in [-0.39, 0.29) is 0 Å². The summed E-state index contributed by atoms with van der Waals surface area (Å²) in [4.78, 5) is 2.37. The number of aryl methyl sites for hydroxylation is 3. The average Bonchev–Trinajstić information content (AvgIpc) is 2.99. The Hall–Kier alpha value is -3.26. The fraction of sp³-hybridized carbons (Fsp3) is 0.120. The molecule has 0 saturated heterocycles. The molecule has 3 aromatic rings. The molecule has 27 heavy (non-hydrogen) atoms. The smallest absolute Gasteiger partial charge is 0.221 e. The van der Waals surface area contributed by atoms with Crippen LogP contribution in [0.3, 0.4) is 0 Å². The molecule has 0 saturated carbocycles. The molecule has 0 amide bonds. The van der Waals surface area contributed by atoms with Crippen molar-refractivity contribution in [2.75, 3.05) is 4.90 Å². The normalized spacial score (nSPS) is 14.6. The number of hydrogen-bond acceptors (Lipinski definition) is 1. The van der Waals surface area contributed by atoms with Gasteiger partial charge in [-0.05, 0) is 49.1 Å². The molecule has 5 rings (SSSR count). The lowest BCUT2D eigenvalue weighted by atomic mass is 9.89. The molecule has 2 aliphatic rings. The number of nitrogens with zero attached hydrogens (tertiary/aromatic N) is 2. The molecule has 0 spiro atoms. The largest absolute Gasteiger partial charge is 0.291 e. The van der Waals surface area contributed by atoms with Gasteiger partial charge in [0.25, 0.3) is 0 Å². The van der Waals surface area contributed by atoms with Gasteiger partial charge in [-0.15, -0.1) is 6.07 Å². The molecule has 2 heteroatoms. The van der Waals surface area contributed by atoms with E-state index in [9.17, 15) is 0 Å². The van der Waals surface area contributed by atoms with Gasteiger partial charge in [0.1, 0.15) is 6.20 Å². The number of benzene rings is 3. The van der Waals surface area contributed by atoms with Crippen LogP contribution in [0.15, 0.2) is 66.9 Å². The summed E-state index contributed by atoms with van der Waals surface area (Å²) in [6, 6.07) is 21.8. The lowest BCUT2D eigenvalue weighted by molar-refractivity contribution is -0.416. The van der Waals surface area contributed by atoms with Gasteiger partial charge < -0.3 is 0 Å². The van der Waals surface area contributed by atoms with Crippen LogP contribution in [0, 0.1) is 26.9 Å². The Morgan fingerprint density at radius 2 is 1.59 bits per heavy atom. The van der Waals surface area contributed by atoms with Gasteiger partial charge in [-0.3, -0.25) is 9.48 Å². The molecule has 0 bridgehead atoms. The van der Waals surface area contributed by atoms with Crippen LogP contribution < -0.4 is 4.90 Å². The van der Waals surface area contributed by atoms with Crippen molar-refractivity contribution in [2.45, 2.75) is 20.8 Å². The van der Waals surface area contributed by atoms with Gasteiger partial charge in [-0.25, -0.2) is 0 Å². The Balaban J connectivity index is 1.81. The zero-order valence-corrected chi connectivity index (χ0v) is 16.0. The fourth-order valence-corrected chi connectivity index (χ4v) is 4.40. The first-order valence-electron chi connectivity index (χ1n) is 9.32. The monoisotopic (exact) mass is 350 g/mol. The van der Waals surface area contributed by atoms with E-state index in [1.807, 2.05) is 4.58 Å². The third-order valence-corrected chi connectivity index (χ3v) is 5.59. The second-order valence-corrected chi connectivity index (χ2v) is 7.48. The Labute approximate surface area is 160 Å². The van der Waals surface area contributed by atoms with Crippen molar-refractivity contribution in [1.29, 1.82) is 0 Å². The van der Waals surface area contributed by atoms with Gasteiger partial charge in [-0.2, -0.15) is 0 Å². The second-order valence-electron chi connectivity index (χ2n) is 7.48. The summed E-state index contributed by atoms with van der Waals surface area (Å²) >= 11 is 0. The van der Waals surface area contributed by atoms with Gasteiger partial charge in [0.05, 0.1) is 12.4 Å². The minimum absolute atomic E-state index is 1.12. The third kappa shape index (κ3) is 2.20. The topological polar surface area (TPSA) is 6.25 Å². The van der Waals surface area contributed by atoms with Crippen molar-refractivity contribution in [3.63, 3.8) is 0 Å². The maximum Gasteiger partial charge on any atom is 0.221 e. The van der Waals surface area contributed by atoms with E-state index in [4.69, 9.17) is 0 Å². The molecule has 0 fully saturated rings. The highest BCUT2D eigenvalue weighted by Crippen LogP contribution is 2.51. The van der Waals surface area contributed by atoms with E-state index < -0.39 is 0 Å². The first-order valence-corrected chi connectivity index (χ1v) is 9.32. The molecule has 2 nitrogen and oxygen atoms in total. The van der Waals surface area contributed by atoms with Crippen LogP contribution in [-0.2, 0) is 0 Å². The molecule has 0 atom stereocenters. The van der Waals surface area contributed by atoms with Crippen LogP contribution in [-0.4, -0.2) is 11.3 Å². The predicted molar refractivity (Wildman–Crippen MR) is 113 cm³/mol. The summed E-state index contributed by atoms with van der Waals surface area (Å²) in [5, 5.41) is 0. The zero-order valence-electron chi connectivity index (χ0n) is 16.0. The van der Waals surface area contributed by atoms with E-state index in [0.29, 0.717) is 0 Å². The maximum atomic E-state index is 4.32. The highest BCUT2D eigenvalue weighted by molar-refractivity contribution is 5.97. The van der Waals surface area contributed by atoms with Gasteiger partial charge in [0.2, 0.25) is 6.17 Å². The molecule has 0 aromatic heterocycles. The molecule has 0 radical (unpaired) electrons. The standard InChI is InChI=1S/C25H22N2/c1-16-12-13-22-21(14-16)19-10-5-6-11-20(19)25-26(4)15-23(27(22)25)24-17(2)8-7-9-18(24)3/h5-15H,4H2,1-3H3. The third-order valence-electron chi connectivity index (χ3n) is 5.59. The summed E-state index contributed by atoms with van der Waals surface area (Å²) in [5.41, 5.74) is 11.3. The Morgan fingerprint density at radius 1 is 0.852 bits per heavy atom. The SMILES string of the molecule is C=[N+]1C=C(c2c(C)cccc2C)N2c3ccc(C)cc3-c3ccccc3[C-]21. The summed E-state index contributed by atoms with van der Waals surface area (Å²) in [7, 11) is 0. The number of rotatable bonds is 1. The van der Waals surface area contributed by atoms with E-state index in [2.05, 4.69) is 99.3 Å². The quantitative estimate of drug-likeness (QED) is 0.405. The van der Waals surface area contributed by atoms with Crippen molar-refractivity contribution in [3.8, 4) is 11.1 Å². The van der Waals surface area contributed by atoms with Crippen molar-refractivity contribution >= 4 is 18.1 Å². The molecule has 0 unspecified atom stereocenters. The summed E-state index contributed by atoms with van der Waals surface area (Å²) in [6.07, 6.45) is 3.29. The van der Waals surface area contributed by atoms with Crippen LogP contribution in [0.1, 0.15) is 27.8 Å². The summed E-state index contributed by atoms with van der Waals surface area (Å²) < 4.78 is 2.02. The van der Waals surface area contributed by atoms with Gasteiger partial charge in [0.15, 0.2) is 0 Å². The van der Waals surface area contributed by atoms with Crippen molar-refractivity contribution in [3.05, 3.63) is 101 Å². The highest BCUT2D eigenvalue weighted by Gasteiger charge is 2.40. The first kappa shape index (κ1) is 16.0. The molecule has 0 aliphatic carbocycles. The number of hydrogen-bond donors (Lipinski definition) is 0. The van der Waals surface area contributed by atoms with E-state index >= 15 is 0 Å². The van der Waals surface area contributed by atoms with Gasteiger partial charge in [0, 0.05) is 11.3 Å². The molecule has 2 aliphatic heterocycles. The van der Waals surface area contributed by atoms with Crippen LogP contribution in [0.25, 0.3) is 16.8 Å². The highest BCUT2D eigenvalue weighted by atomic mass is 15.4. The maximum absolute atomic E-state index is 4.32. The minimum Gasteiger partial charge on any atom is -0.291 e. The van der Waals surface area contributed by atoms with Crippen molar-refractivity contribution < 1.29 is 4.58 Å². The molecule has 3 aromatic carbocycles. The van der Waals surface area contributed by atoms with E-state index in [1.54, 1.807) is 0 Å². The van der Waals surface area contributed by atoms with Crippen molar-refractivity contribution in [2.24, 2.45) is 0 Å². The molecular formula is C25H22N2. The predicted octanol–water partition coefficient (Wildman–Crippen LogP) is 5.66. The first-order chi connectivity index (χ1) is 13.1. The molecule has 2 heterocycles. The van der Waals surface area contributed by atoms with Gasteiger partial charge >= 0.3 is 0 Å². The summed E-state index contributed by atoms with van der Waals surface area (Å²) in [5.74, 6) is 0. The Kier molecular flexibility index (Phi) is 3.32. The minimum atomic E-state index is 1.12. The zero-order chi connectivity index (χ0) is 18.7. The number of fused-ring (bicyclic) bond motifs is 6. The van der Waals surface area contributed by atoms with Crippen LogP contribution in [0.5, 0.6) is 0 Å². The molecular weight excluding hydrogens is 328 g/mol. The lowest BCUT2D eigenvalue weighted by Gasteiger charge is -2.37. The molecule has 132 valence electrons. The Bertz CT molecular complexity index is 1120. The van der Waals surface area contributed by atoms with E-state index in [0.717, 1.165) is 6.17 Å². The van der Waals surface area contributed by atoms with Crippen LogP contribution in [0.4, 0.5) is 5.69 Å². The summed E-state index contributed by atoms with van der Waals surface area (Å²) in [6.45, 7) is 10.8. The Morgan fingerprint density at radius 3 is 2.37 bits per heavy atom. The van der Waals surface area contributed by atoms with E-state index in [1.165, 1.54) is 50.3 Å². The average molecular weight is 350 g/mol. The molecule has 0 N–H and O–H groups in total. The second kappa shape index (κ2) is 5.62. The lowest BCUT2D eigenvalue weighted by Crippen LogP contribution is -2.32. The van der Waals surface area contributed by atoms with Crippen LogP contribution in [0.2, 0.25) is 0 Å². The van der Waals surface area contributed by atoms with Crippen LogP contribution >= 0.6 is 0 Å². The van der Waals surface area contributed by atoms with Crippen molar-refractivity contribution in [1.82, 2.24) is 0 Å². The number of anilines is 1. The van der Waals surface area contributed by atoms with Gasteiger partial charge in [-0.1, -0.05) is 59.7 Å².